The summed E-state index contributed by atoms with van der Waals surface area (Å²) < 4.78 is 15.9. The van der Waals surface area contributed by atoms with Gasteiger partial charge < -0.3 is 24.2 Å². The number of hydrogen-bond donors (Lipinski definition) is 1. The highest BCUT2D eigenvalue weighted by Gasteiger charge is 2.41. The molecule has 3 heterocycles. The molecule has 0 bridgehead atoms. The third-order valence-corrected chi connectivity index (χ3v) is 5.02. The fraction of sp³-hybridized carbons (Fsp3) is 0.706. The molecule has 1 aromatic heterocycles. The second-order valence-corrected chi connectivity index (χ2v) is 7.00. The maximum absolute atomic E-state index is 12.8. The minimum absolute atomic E-state index is 0.0143. The minimum atomic E-state index is -0.193. The number of amides is 2. The van der Waals surface area contributed by atoms with Crippen LogP contribution in [-0.4, -0.2) is 86.9 Å². The molecule has 0 aromatic carbocycles. The van der Waals surface area contributed by atoms with E-state index in [1.807, 2.05) is 0 Å². The molecule has 2 aliphatic rings. The van der Waals surface area contributed by atoms with Crippen LogP contribution in [0.5, 0.6) is 5.88 Å². The Bertz CT molecular complexity index is 649. The van der Waals surface area contributed by atoms with Crippen molar-refractivity contribution in [2.75, 3.05) is 60.1 Å². The van der Waals surface area contributed by atoms with Crippen molar-refractivity contribution in [2.24, 2.45) is 5.41 Å². The Morgan fingerprint density at radius 3 is 2.96 bits per heavy atom. The zero-order valence-corrected chi connectivity index (χ0v) is 15.3. The molecule has 9 heteroatoms. The van der Waals surface area contributed by atoms with E-state index in [0.717, 1.165) is 19.4 Å². The zero-order chi connectivity index (χ0) is 18.6. The molecule has 3 rings (SSSR count). The summed E-state index contributed by atoms with van der Waals surface area (Å²) in [6, 6.07) is 1.51. The van der Waals surface area contributed by atoms with E-state index < -0.39 is 0 Å². The van der Waals surface area contributed by atoms with E-state index in [-0.39, 0.29) is 28.9 Å². The van der Waals surface area contributed by atoms with Gasteiger partial charge in [0.2, 0.25) is 11.7 Å². The van der Waals surface area contributed by atoms with Crippen molar-refractivity contribution in [3.05, 3.63) is 11.8 Å². The number of ether oxygens (including phenoxy) is 2. The van der Waals surface area contributed by atoms with Crippen LogP contribution in [0.4, 0.5) is 0 Å². The van der Waals surface area contributed by atoms with Gasteiger partial charge in [-0.1, -0.05) is 0 Å². The Morgan fingerprint density at radius 2 is 2.23 bits per heavy atom. The fourth-order valence-electron chi connectivity index (χ4n) is 3.74. The lowest BCUT2D eigenvalue weighted by Gasteiger charge is -2.43. The Balaban J connectivity index is 1.70. The molecular formula is C17H26N4O5. The third-order valence-electron chi connectivity index (χ3n) is 5.02. The van der Waals surface area contributed by atoms with Gasteiger partial charge in [0.05, 0.1) is 32.9 Å². The molecule has 26 heavy (non-hydrogen) atoms. The highest BCUT2D eigenvalue weighted by atomic mass is 16.5. The van der Waals surface area contributed by atoms with Crippen molar-refractivity contribution >= 4 is 11.8 Å². The van der Waals surface area contributed by atoms with Crippen molar-refractivity contribution in [3.63, 3.8) is 0 Å². The third kappa shape index (κ3) is 4.16. The Labute approximate surface area is 152 Å². The molecular weight excluding hydrogens is 340 g/mol. The molecule has 2 fully saturated rings. The lowest BCUT2D eigenvalue weighted by Crippen LogP contribution is -2.53. The smallest absolute Gasteiger partial charge is 0.292 e. The monoisotopic (exact) mass is 366 g/mol. The first kappa shape index (κ1) is 18.7. The number of rotatable bonds is 4. The molecule has 9 nitrogen and oxygen atoms in total. The summed E-state index contributed by atoms with van der Waals surface area (Å²) in [4.78, 5) is 28.4. The van der Waals surface area contributed by atoms with Crippen LogP contribution in [0, 0.1) is 5.41 Å². The van der Waals surface area contributed by atoms with Crippen molar-refractivity contribution in [1.82, 2.24) is 20.3 Å². The van der Waals surface area contributed by atoms with Crippen molar-refractivity contribution in [2.45, 2.75) is 12.8 Å². The molecule has 1 spiro atoms. The largest absolute Gasteiger partial charge is 0.479 e. The van der Waals surface area contributed by atoms with E-state index in [1.54, 1.807) is 11.9 Å². The number of likely N-dealkylation sites (N-methyl/N-ethyl adjacent to an activating group) is 1. The van der Waals surface area contributed by atoms with Gasteiger partial charge in [-0.3, -0.25) is 14.5 Å². The molecule has 2 saturated heterocycles. The van der Waals surface area contributed by atoms with E-state index in [4.69, 9.17) is 14.0 Å². The average molecular weight is 366 g/mol. The first-order chi connectivity index (χ1) is 12.5. The quantitative estimate of drug-likeness (QED) is 0.800. The summed E-state index contributed by atoms with van der Waals surface area (Å²) in [6.45, 7) is 4.19. The van der Waals surface area contributed by atoms with Crippen LogP contribution in [-0.2, 0) is 9.53 Å². The number of hydrogen-bond acceptors (Lipinski definition) is 7. The molecule has 0 aliphatic carbocycles. The van der Waals surface area contributed by atoms with Gasteiger partial charge >= 0.3 is 0 Å². The second-order valence-electron chi connectivity index (χ2n) is 7.00. The molecule has 2 aliphatic heterocycles. The van der Waals surface area contributed by atoms with Crippen molar-refractivity contribution in [3.8, 4) is 5.88 Å². The summed E-state index contributed by atoms with van der Waals surface area (Å²) in [5, 5.41) is 6.36. The van der Waals surface area contributed by atoms with Crippen LogP contribution in [0.2, 0.25) is 0 Å². The number of nitrogens with one attached hydrogen (secondary N) is 1. The highest BCUT2D eigenvalue weighted by molar-refractivity contribution is 5.91. The molecule has 0 saturated carbocycles. The van der Waals surface area contributed by atoms with Gasteiger partial charge in [-0.2, -0.15) is 0 Å². The van der Waals surface area contributed by atoms with Gasteiger partial charge in [-0.05, 0) is 18.0 Å². The van der Waals surface area contributed by atoms with Gasteiger partial charge in [0.1, 0.15) is 0 Å². The second kappa shape index (κ2) is 8.05. The SMILES string of the molecule is CNC(=O)CN1CCOCC2(CCCN(C(=O)c3cc(OC)no3)C2)C1. The standard InChI is InChI=1S/C17H26N4O5/c1-18-14(22)9-20-6-7-25-12-17(10-20)4-3-5-21(11-17)16(23)13-8-15(24-2)19-26-13/h8H,3-7,9-12H2,1-2H3,(H,18,22). The van der Waals surface area contributed by atoms with Crippen LogP contribution < -0.4 is 10.1 Å². The number of piperidine rings is 1. The molecule has 1 unspecified atom stereocenters. The van der Waals surface area contributed by atoms with Gasteiger partial charge in [-0.15, -0.1) is 0 Å². The summed E-state index contributed by atoms with van der Waals surface area (Å²) >= 11 is 0. The maximum atomic E-state index is 12.8. The van der Waals surface area contributed by atoms with Crippen LogP contribution in [0.3, 0.4) is 0 Å². The summed E-state index contributed by atoms with van der Waals surface area (Å²) in [5.74, 6) is 0.256. The summed E-state index contributed by atoms with van der Waals surface area (Å²) in [5.41, 5.74) is -0.178. The van der Waals surface area contributed by atoms with Gasteiger partial charge in [0.15, 0.2) is 0 Å². The van der Waals surface area contributed by atoms with E-state index in [1.165, 1.54) is 13.2 Å². The van der Waals surface area contributed by atoms with E-state index in [2.05, 4.69) is 15.4 Å². The lowest BCUT2D eigenvalue weighted by atomic mass is 9.80. The van der Waals surface area contributed by atoms with Crippen molar-refractivity contribution in [1.29, 1.82) is 0 Å². The summed E-state index contributed by atoms with van der Waals surface area (Å²) in [7, 11) is 3.12. The topological polar surface area (TPSA) is 97.1 Å². The van der Waals surface area contributed by atoms with Crippen LogP contribution in [0.1, 0.15) is 23.4 Å². The van der Waals surface area contributed by atoms with Crippen LogP contribution in [0.25, 0.3) is 0 Å². The molecule has 1 aromatic rings. The molecule has 1 atom stereocenters. The number of nitrogens with zero attached hydrogens (tertiary/aromatic N) is 3. The molecule has 1 N–H and O–H groups in total. The maximum Gasteiger partial charge on any atom is 0.292 e. The van der Waals surface area contributed by atoms with E-state index >= 15 is 0 Å². The van der Waals surface area contributed by atoms with E-state index in [9.17, 15) is 9.59 Å². The Kier molecular flexibility index (Phi) is 5.77. The summed E-state index contributed by atoms with van der Waals surface area (Å²) in [6.07, 6.45) is 1.84. The number of aromatic nitrogens is 1. The minimum Gasteiger partial charge on any atom is -0.479 e. The van der Waals surface area contributed by atoms with Gasteiger partial charge in [0, 0.05) is 38.6 Å². The van der Waals surface area contributed by atoms with Gasteiger partial charge in [-0.25, -0.2) is 0 Å². The number of carbonyl (C=O) groups excluding carboxylic acids is 2. The zero-order valence-electron chi connectivity index (χ0n) is 15.3. The first-order valence-electron chi connectivity index (χ1n) is 8.86. The number of carbonyl (C=O) groups is 2. The van der Waals surface area contributed by atoms with E-state index in [0.29, 0.717) is 39.4 Å². The molecule has 2 amide bonds. The Hall–Kier alpha value is -2.13. The normalized spacial score (nSPS) is 24.3. The lowest BCUT2D eigenvalue weighted by molar-refractivity contribution is -0.122. The number of likely N-dealkylation sites (tertiary alicyclic amines) is 1. The molecule has 144 valence electrons. The van der Waals surface area contributed by atoms with Crippen molar-refractivity contribution < 1.29 is 23.6 Å². The van der Waals surface area contributed by atoms with Crippen LogP contribution >= 0.6 is 0 Å². The predicted octanol–water partition coefficient (Wildman–Crippen LogP) is -0.0162. The van der Waals surface area contributed by atoms with Gasteiger partial charge in [0.25, 0.3) is 11.8 Å². The average Bonchev–Trinajstić information content (AvgIpc) is 3.06. The Morgan fingerprint density at radius 1 is 1.38 bits per heavy atom. The first-order valence-corrected chi connectivity index (χ1v) is 8.86. The predicted molar refractivity (Wildman–Crippen MR) is 92.0 cm³/mol. The fourth-order valence-corrected chi connectivity index (χ4v) is 3.74. The molecule has 0 radical (unpaired) electrons. The highest BCUT2D eigenvalue weighted by Crippen LogP contribution is 2.33. The van der Waals surface area contributed by atoms with Crippen LogP contribution in [0.15, 0.2) is 10.6 Å². The number of methoxy groups -OCH3 is 1.